The lowest BCUT2D eigenvalue weighted by Crippen LogP contribution is -2.38. The van der Waals surface area contributed by atoms with Crippen LogP contribution in [0.15, 0.2) is 66.7 Å². The number of piperidine rings is 2. The molecule has 0 bridgehead atoms. The lowest BCUT2D eigenvalue weighted by atomic mass is 9.87. The van der Waals surface area contributed by atoms with E-state index >= 15 is 0 Å². The van der Waals surface area contributed by atoms with E-state index in [4.69, 9.17) is 37.9 Å². The number of rotatable bonds is 4. The molecule has 3 aromatic rings. The first kappa shape index (κ1) is 35.3. The van der Waals surface area contributed by atoms with Crippen LogP contribution in [-0.2, 0) is 16.1 Å². The Bertz CT molecular complexity index is 1480. The Labute approximate surface area is 283 Å². The molecule has 0 aromatic heterocycles. The number of hydrogen-bond donors (Lipinski definition) is 0. The molecule has 3 aliphatic rings. The summed E-state index contributed by atoms with van der Waals surface area (Å²) in [6, 6.07) is 25.2. The van der Waals surface area contributed by atoms with E-state index in [0.29, 0.717) is 34.6 Å². The van der Waals surface area contributed by atoms with E-state index in [1.807, 2.05) is 54.6 Å². The number of nitrogens with zero attached hydrogens (tertiary/aromatic N) is 4. The molecule has 3 aliphatic heterocycles. The van der Waals surface area contributed by atoms with Gasteiger partial charge in [-0.1, -0.05) is 65.7 Å². The molecule has 3 aromatic carbocycles. The standard InChI is InChI=1S/C20H19ClN2O2.C13H15ClN2.C4H8O/c21-18-6-7-19(17(12-18)13-22)16-8-10-23(11-9-16)20(24)25-14-15-4-2-1-3-5-15;1-16-6-4-10(5-7-16)13-3-2-12(14)8-11(13)9-15;1-2-4-5-3-1/h1-7,12,16H,8-11,14H2;2-3,8,10H,4-7H2,1H3;1-4H2. The molecule has 46 heavy (non-hydrogen) atoms. The van der Waals surface area contributed by atoms with Gasteiger partial charge in [-0.05, 0) is 111 Å². The summed E-state index contributed by atoms with van der Waals surface area (Å²) in [4.78, 5) is 16.3. The Balaban J connectivity index is 0.000000193. The maximum Gasteiger partial charge on any atom is 0.410 e. The number of amides is 1. The van der Waals surface area contributed by atoms with Crippen molar-refractivity contribution in [2.75, 3.05) is 46.4 Å². The van der Waals surface area contributed by atoms with Crippen molar-refractivity contribution >= 4 is 29.3 Å². The van der Waals surface area contributed by atoms with Crippen LogP contribution in [0.5, 0.6) is 0 Å². The van der Waals surface area contributed by atoms with Crippen molar-refractivity contribution in [3.63, 3.8) is 0 Å². The molecule has 242 valence electrons. The Kier molecular flexibility index (Phi) is 14.2. The van der Waals surface area contributed by atoms with Gasteiger partial charge >= 0.3 is 6.09 Å². The molecule has 3 fully saturated rings. The molecular weight excluding hydrogens is 619 g/mol. The SMILES string of the molecule is C1CCOC1.CN1CCC(c2ccc(Cl)cc2C#N)CC1.N#Cc1cc(Cl)ccc1C1CCN(C(=O)OCc2ccccc2)CC1. The van der Waals surface area contributed by atoms with E-state index in [9.17, 15) is 10.1 Å². The van der Waals surface area contributed by atoms with Crippen molar-refractivity contribution < 1.29 is 14.3 Å². The van der Waals surface area contributed by atoms with Crippen molar-refractivity contribution in [1.82, 2.24) is 9.80 Å². The van der Waals surface area contributed by atoms with Gasteiger partial charge in [-0.25, -0.2) is 4.79 Å². The molecule has 1 amide bonds. The molecule has 0 spiro atoms. The third kappa shape index (κ3) is 10.7. The topological polar surface area (TPSA) is 89.6 Å². The van der Waals surface area contributed by atoms with Gasteiger partial charge in [0.05, 0.1) is 23.3 Å². The second kappa shape index (κ2) is 18.5. The second-order valence-electron chi connectivity index (χ2n) is 11.9. The Morgan fingerprint density at radius 2 is 1.30 bits per heavy atom. The number of nitriles is 2. The fourth-order valence-electron chi connectivity index (χ4n) is 5.98. The fraction of sp³-hybridized carbons (Fsp3) is 0.432. The lowest BCUT2D eigenvalue weighted by Gasteiger charge is -2.31. The highest BCUT2D eigenvalue weighted by Gasteiger charge is 2.26. The maximum atomic E-state index is 12.2. The summed E-state index contributed by atoms with van der Waals surface area (Å²) >= 11 is 11.9. The molecule has 0 N–H and O–H groups in total. The summed E-state index contributed by atoms with van der Waals surface area (Å²) in [7, 11) is 2.14. The molecule has 0 unspecified atom stereocenters. The molecule has 3 heterocycles. The molecule has 3 saturated heterocycles. The van der Waals surface area contributed by atoms with Crippen molar-refractivity contribution in [3.05, 3.63) is 105 Å². The van der Waals surface area contributed by atoms with Crippen molar-refractivity contribution in [2.24, 2.45) is 0 Å². The zero-order valence-electron chi connectivity index (χ0n) is 26.5. The quantitative estimate of drug-likeness (QED) is 0.279. The number of carbonyl (C=O) groups excluding carboxylic acids is 1. The first-order valence-corrected chi connectivity index (χ1v) is 16.7. The van der Waals surface area contributed by atoms with Crippen LogP contribution in [0.3, 0.4) is 0 Å². The van der Waals surface area contributed by atoms with Crippen molar-refractivity contribution in [1.29, 1.82) is 10.5 Å². The first-order chi connectivity index (χ1) is 22.4. The zero-order valence-corrected chi connectivity index (χ0v) is 28.0. The van der Waals surface area contributed by atoms with Crippen LogP contribution in [0.1, 0.15) is 78.2 Å². The summed E-state index contributed by atoms with van der Waals surface area (Å²) in [5.74, 6) is 0.785. The number of carbonyl (C=O) groups is 1. The van der Waals surface area contributed by atoms with E-state index in [2.05, 4.69) is 24.1 Å². The fourth-order valence-corrected chi connectivity index (χ4v) is 6.32. The predicted octanol–water partition coefficient (Wildman–Crippen LogP) is 8.55. The first-order valence-electron chi connectivity index (χ1n) is 16.0. The minimum Gasteiger partial charge on any atom is -0.445 e. The molecule has 0 aliphatic carbocycles. The smallest absolute Gasteiger partial charge is 0.410 e. The monoisotopic (exact) mass is 660 g/mol. The number of ether oxygens (including phenoxy) is 2. The molecule has 0 saturated carbocycles. The lowest BCUT2D eigenvalue weighted by molar-refractivity contribution is 0.0870. The van der Waals surface area contributed by atoms with Gasteiger partial charge in [-0.2, -0.15) is 10.5 Å². The van der Waals surface area contributed by atoms with Gasteiger partial charge in [0.2, 0.25) is 0 Å². The van der Waals surface area contributed by atoms with Crippen LogP contribution in [0, 0.1) is 22.7 Å². The normalized spacial score (nSPS) is 17.0. The number of benzene rings is 3. The average Bonchev–Trinajstić information content (AvgIpc) is 3.69. The van der Waals surface area contributed by atoms with Crippen LogP contribution in [0.2, 0.25) is 10.0 Å². The van der Waals surface area contributed by atoms with Crippen LogP contribution in [-0.4, -0.2) is 62.3 Å². The number of halogens is 2. The van der Waals surface area contributed by atoms with Crippen LogP contribution < -0.4 is 0 Å². The third-order valence-electron chi connectivity index (χ3n) is 8.66. The van der Waals surface area contributed by atoms with Gasteiger partial charge in [-0.3, -0.25) is 0 Å². The van der Waals surface area contributed by atoms with Gasteiger partial charge in [0, 0.05) is 36.3 Å². The second-order valence-corrected chi connectivity index (χ2v) is 12.8. The van der Waals surface area contributed by atoms with Gasteiger partial charge in [0.15, 0.2) is 0 Å². The summed E-state index contributed by atoms with van der Waals surface area (Å²) < 4.78 is 10.3. The Hall–Kier alpha value is -3.59. The van der Waals surface area contributed by atoms with E-state index in [-0.39, 0.29) is 18.6 Å². The molecule has 0 radical (unpaired) electrons. The van der Waals surface area contributed by atoms with Gasteiger partial charge in [0.25, 0.3) is 0 Å². The maximum absolute atomic E-state index is 12.2. The molecule has 7 nitrogen and oxygen atoms in total. The summed E-state index contributed by atoms with van der Waals surface area (Å²) in [5, 5.41) is 19.6. The van der Waals surface area contributed by atoms with Crippen LogP contribution >= 0.6 is 23.2 Å². The minimum absolute atomic E-state index is 0.269. The highest BCUT2D eigenvalue weighted by atomic mass is 35.5. The van der Waals surface area contributed by atoms with Crippen molar-refractivity contribution in [2.45, 2.75) is 57.0 Å². The van der Waals surface area contributed by atoms with E-state index in [1.165, 1.54) is 18.4 Å². The van der Waals surface area contributed by atoms with E-state index in [0.717, 1.165) is 68.7 Å². The average molecular weight is 662 g/mol. The predicted molar refractivity (Wildman–Crippen MR) is 182 cm³/mol. The van der Waals surface area contributed by atoms with Crippen LogP contribution in [0.25, 0.3) is 0 Å². The minimum atomic E-state index is -0.279. The molecule has 9 heteroatoms. The highest BCUT2D eigenvalue weighted by molar-refractivity contribution is 6.31. The summed E-state index contributed by atoms with van der Waals surface area (Å²) in [5.41, 5.74) is 4.52. The number of likely N-dealkylation sites (tertiary alicyclic amines) is 2. The van der Waals surface area contributed by atoms with Gasteiger partial charge in [0.1, 0.15) is 6.61 Å². The van der Waals surface area contributed by atoms with E-state index in [1.54, 1.807) is 17.0 Å². The van der Waals surface area contributed by atoms with E-state index < -0.39 is 0 Å². The van der Waals surface area contributed by atoms with Crippen molar-refractivity contribution in [3.8, 4) is 12.1 Å². The summed E-state index contributed by atoms with van der Waals surface area (Å²) in [6.45, 7) is 5.77. The Morgan fingerprint density at radius 1 is 0.804 bits per heavy atom. The largest absolute Gasteiger partial charge is 0.445 e. The highest BCUT2D eigenvalue weighted by Crippen LogP contribution is 2.32. The molecule has 6 rings (SSSR count). The molecule has 0 atom stereocenters. The summed E-state index contributed by atoms with van der Waals surface area (Å²) in [6.07, 6.45) is 6.17. The molecular formula is C37H42Cl2N4O3. The van der Waals surface area contributed by atoms with Crippen LogP contribution in [0.4, 0.5) is 4.79 Å². The zero-order chi connectivity index (χ0) is 32.7. The van der Waals surface area contributed by atoms with Gasteiger partial charge < -0.3 is 19.3 Å². The van der Waals surface area contributed by atoms with Gasteiger partial charge in [-0.15, -0.1) is 0 Å². The number of hydrogen-bond acceptors (Lipinski definition) is 6. The third-order valence-corrected chi connectivity index (χ3v) is 9.13. The Morgan fingerprint density at radius 3 is 1.76 bits per heavy atom.